The average Bonchev–Trinajstić information content (AvgIpc) is 2.46. The summed E-state index contributed by atoms with van der Waals surface area (Å²) >= 11 is 0. The maximum absolute atomic E-state index is 10.9. The SMILES string of the molecule is Cc1cc2c(ccn2C)cc1C(=O)O. The molecule has 2 rings (SSSR count). The predicted molar refractivity (Wildman–Crippen MR) is 54.6 cm³/mol. The lowest BCUT2D eigenvalue weighted by Crippen LogP contribution is -1.99. The van der Waals surface area contributed by atoms with Crippen LogP contribution < -0.4 is 0 Å². The van der Waals surface area contributed by atoms with Gasteiger partial charge in [0.25, 0.3) is 0 Å². The van der Waals surface area contributed by atoms with Crippen LogP contribution >= 0.6 is 0 Å². The number of nitrogens with zero attached hydrogens (tertiary/aromatic N) is 1. The van der Waals surface area contributed by atoms with Gasteiger partial charge in [0.2, 0.25) is 0 Å². The van der Waals surface area contributed by atoms with E-state index in [-0.39, 0.29) is 0 Å². The Bertz CT molecular complexity index is 511. The van der Waals surface area contributed by atoms with Crippen molar-refractivity contribution in [1.29, 1.82) is 0 Å². The quantitative estimate of drug-likeness (QED) is 0.747. The number of carboxylic acid groups (broad SMARTS) is 1. The molecule has 3 heteroatoms. The van der Waals surface area contributed by atoms with E-state index in [1.54, 1.807) is 6.07 Å². The Labute approximate surface area is 81.6 Å². The number of fused-ring (bicyclic) bond motifs is 1. The molecule has 0 radical (unpaired) electrons. The first-order valence-electron chi connectivity index (χ1n) is 4.38. The molecule has 0 aliphatic heterocycles. The van der Waals surface area contributed by atoms with E-state index < -0.39 is 5.97 Å². The van der Waals surface area contributed by atoms with Gasteiger partial charge in [0.05, 0.1) is 5.56 Å². The summed E-state index contributed by atoms with van der Waals surface area (Å²) < 4.78 is 1.98. The van der Waals surface area contributed by atoms with Gasteiger partial charge < -0.3 is 9.67 Å². The fraction of sp³-hybridized carbons (Fsp3) is 0.182. The molecule has 2 aromatic rings. The average molecular weight is 189 g/mol. The molecular formula is C11H11NO2. The summed E-state index contributed by atoms with van der Waals surface area (Å²) in [6.07, 6.45) is 1.93. The number of hydrogen-bond acceptors (Lipinski definition) is 1. The summed E-state index contributed by atoms with van der Waals surface area (Å²) in [5.41, 5.74) is 2.24. The molecule has 1 N–H and O–H groups in total. The van der Waals surface area contributed by atoms with Gasteiger partial charge in [-0.05, 0) is 30.7 Å². The van der Waals surface area contributed by atoms with Gasteiger partial charge >= 0.3 is 5.97 Å². The van der Waals surface area contributed by atoms with Gasteiger partial charge in [0, 0.05) is 24.1 Å². The smallest absolute Gasteiger partial charge is 0.335 e. The van der Waals surface area contributed by atoms with Crippen LogP contribution in [0, 0.1) is 6.92 Å². The Morgan fingerprint density at radius 3 is 2.79 bits per heavy atom. The number of aromatic carboxylic acids is 1. The first-order chi connectivity index (χ1) is 6.59. The van der Waals surface area contributed by atoms with E-state index in [4.69, 9.17) is 5.11 Å². The highest BCUT2D eigenvalue weighted by Crippen LogP contribution is 2.20. The van der Waals surface area contributed by atoms with Crippen molar-refractivity contribution < 1.29 is 9.90 Å². The zero-order valence-electron chi connectivity index (χ0n) is 8.11. The van der Waals surface area contributed by atoms with Crippen molar-refractivity contribution in [3.63, 3.8) is 0 Å². The first kappa shape index (κ1) is 8.81. The lowest BCUT2D eigenvalue weighted by molar-refractivity contribution is 0.0696. The maximum atomic E-state index is 10.9. The monoisotopic (exact) mass is 189 g/mol. The molecule has 1 heterocycles. The number of hydrogen-bond donors (Lipinski definition) is 1. The molecule has 0 aliphatic carbocycles. The highest BCUT2D eigenvalue weighted by Gasteiger charge is 2.09. The van der Waals surface area contributed by atoms with Gasteiger partial charge in [-0.3, -0.25) is 0 Å². The molecular weight excluding hydrogens is 178 g/mol. The zero-order chi connectivity index (χ0) is 10.3. The molecule has 72 valence electrons. The number of aromatic nitrogens is 1. The Morgan fingerprint density at radius 1 is 1.43 bits per heavy atom. The molecule has 14 heavy (non-hydrogen) atoms. The van der Waals surface area contributed by atoms with Gasteiger partial charge in [-0.1, -0.05) is 0 Å². The number of benzene rings is 1. The van der Waals surface area contributed by atoms with E-state index in [1.165, 1.54) is 0 Å². The lowest BCUT2D eigenvalue weighted by Gasteiger charge is -2.02. The van der Waals surface area contributed by atoms with Crippen molar-refractivity contribution in [3.05, 3.63) is 35.5 Å². The van der Waals surface area contributed by atoms with Crippen molar-refractivity contribution >= 4 is 16.9 Å². The molecule has 0 amide bonds. The van der Waals surface area contributed by atoms with Gasteiger partial charge in [-0.2, -0.15) is 0 Å². The van der Waals surface area contributed by atoms with Crippen LogP contribution in [-0.4, -0.2) is 15.6 Å². The predicted octanol–water partition coefficient (Wildman–Crippen LogP) is 2.18. The van der Waals surface area contributed by atoms with Crippen LogP contribution in [0.3, 0.4) is 0 Å². The molecule has 0 aliphatic rings. The largest absolute Gasteiger partial charge is 0.478 e. The fourth-order valence-corrected chi connectivity index (χ4v) is 1.65. The van der Waals surface area contributed by atoms with Crippen LogP contribution in [0.2, 0.25) is 0 Å². The fourth-order valence-electron chi connectivity index (χ4n) is 1.65. The van der Waals surface area contributed by atoms with E-state index >= 15 is 0 Å². The third-order valence-electron chi connectivity index (χ3n) is 2.46. The van der Waals surface area contributed by atoms with Crippen LogP contribution in [0.4, 0.5) is 0 Å². The Morgan fingerprint density at radius 2 is 2.14 bits per heavy atom. The summed E-state index contributed by atoms with van der Waals surface area (Å²) in [4.78, 5) is 10.9. The molecule has 0 saturated carbocycles. The Hall–Kier alpha value is -1.77. The van der Waals surface area contributed by atoms with Crippen molar-refractivity contribution in [3.8, 4) is 0 Å². The Balaban J connectivity index is 2.79. The molecule has 0 saturated heterocycles. The van der Waals surface area contributed by atoms with E-state index in [1.807, 2.05) is 36.9 Å². The normalized spacial score (nSPS) is 10.7. The second-order valence-electron chi connectivity index (χ2n) is 3.46. The van der Waals surface area contributed by atoms with Crippen LogP contribution in [0.25, 0.3) is 10.9 Å². The standard InChI is InChI=1S/C11H11NO2/c1-7-5-10-8(3-4-12(10)2)6-9(7)11(13)14/h3-6H,1-2H3,(H,13,14). The van der Waals surface area contributed by atoms with E-state index in [9.17, 15) is 4.79 Å². The summed E-state index contributed by atoms with van der Waals surface area (Å²) in [6, 6.07) is 5.53. The van der Waals surface area contributed by atoms with Crippen molar-refractivity contribution in [2.75, 3.05) is 0 Å². The number of aryl methyl sites for hydroxylation is 2. The molecule has 0 atom stereocenters. The van der Waals surface area contributed by atoms with Gasteiger partial charge in [-0.15, -0.1) is 0 Å². The van der Waals surface area contributed by atoms with E-state index in [0.29, 0.717) is 5.56 Å². The lowest BCUT2D eigenvalue weighted by atomic mass is 10.1. The van der Waals surface area contributed by atoms with Crippen LogP contribution in [0.5, 0.6) is 0 Å². The Kier molecular flexibility index (Phi) is 1.81. The van der Waals surface area contributed by atoms with Crippen LogP contribution in [0.15, 0.2) is 24.4 Å². The van der Waals surface area contributed by atoms with Gasteiger partial charge in [0.15, 0.2) is 0 Å². The summed E-state index contributed by atoms with van der Waals surface area (Å²) in [7, 11) is 1.95. The van der Waals surface area contributed by atoms with Gasteiger partial charge in [-0.25, -0.2) is 4.79 Å². The summed E-state index contributed by atoms with van der Waals surface area (Å²) in [5.74, 6) is -0.867. The van der Waals surface area contributed by atoms with Crippen molar-refractivity contribution in [2.45, 2.75) is 6.92 Å². The highest BCUT2D eigenvalue weighted by atomic mass is 16.4. The molecule has 1 aromatic carbocycles. The van der Waals surface area contributed by atoms with E-state index in [2.05, 4.69) is 0 Å². The third-order valence-corrected chi connectivity index (χ3v) is 2.46. The molecule has 0 fully saturated rings. The topological polar surface area (TPSA) is 42.2 Å². The van der Waals surface area contributed by atoms with E-state index in [0.717, 1.165) is 16.5 Å². The molecule has 0 bridgehead atoms. The summed E-state index contributed by atoms with van der Waals surface area (Å²) in [6.45, 7) is 1.82. The third kappa shape index (κ3) is 1.18. The van der Waals surface area contributed by atoms with Crippen molar-refractivity contribution in [1.82, 2.24) is 4.57 Å². The highest BCUT2D eigenvalue weighted by molar-refractivity contribution is 5.95. The number of rotatable bonds is 1. The minimum absolute atomic E-state index is 0.378. The second kappa shape index (κ2) is 2.87. The van der Waals surface area contributed by atoms with Crippen molar-refractivity contribution in [2.24, 2.45) is 7.05 Å². The minimum Gasteiger partial charge on any atom is -0.478 e. The summed E-state index contributed by atoms with van der Waals surface area (Å²) in [5, 5.41) is 9.89. The van der Waals surface area contributed by atoms with Gasteiger partial charge in [0.1, 0.15) is 0 Å². The molecule has 0 spiro atoms. The molecule has 3 nitrogen and oxygen atoms in total. The second-order valence-corrected chi connectivity index (χ2v) is 3.46. The maximum Gasteiger partial charge on any atom is 0.335 e. The number of carboxylic acids is 1. The zero-order valence-corrected chi connectivity index (χ0v) is 8.11. The molecule has 0 unspecified atom stereocenters. The minimum atomic E-state index is -0.867. The van der Waals surface area contributed by atoms with Crippen LogP contribution in [0.1, 0.15) is 15.9 Å². The number of carbonyl (C=O) groups is 1. The molecule has 1 aromatic heterocycles. The first-order valence-corrected chi connectivity index (χ1v) is 4.38. The van der Waals surface area contributed by atoms with Crippen LogP contribution in [-0.2, 0) is 7.05 Å².